The summed E-state index contributed by atoms with van der Waals surface area (Å²) in [6, 6.07) is 0. The van der Waals surface area contributed by atoms with E-state index >= 15 is 0 Å². The van der Waals surface area contributed by atoms with Crippen LogP contribution in [0.1, 0.15) is 19.3 Å². The van der Waals surface area contributed by atoms with Gasteiger partial charge in [-0.1, -0.05) is 0 Å². The second kappa shape index (κ2) is 7.30. The lowest BCUT2D eigenvalue weighted by Crippen LogP contribution is -2.35. The van der Waals surface area contributed by atoms with Crippen molar-refractivity contribution in [2.45, 2.75) is 25.7 Å². The van der Waals surface area contributed by atoms with Crippen molar-refractivity contribution >= 4 is 17.8 Å². The number of anilines is 3. The Morgan fingerprint density at radius 2 is 1.90 bits per heavy atom. The minimum Gasteiger partial charge on any atom is -0.395 e. The molecule has 3 N–H and O–H groups in total. The van der Waals surface area contributed by atoms with Gasteiger partial charge in [-0.05, 0) is 19.3 Å². The van der Waals surface area contributed by atoms with Crippen molar-refractivity contribution in [2.24, 2.45) is 0 Å². The molecule has 0 unspecified atom stereocenters. The van der Waals surface area contributed by atoms with Crippen LogP contribution in [0.3, 0.4) is 0 Å². The minimum atomic E-state index is -2.55. The lowest BCUT2D eigenvalue weighted by Gasteiger charge is -2.28. The van der Waals surface area contributed by atoms with Crippen LogP contribution in [-0.2, 0) is 0 Å². The van der Waals surface area contributed by atoms with Gasteiger partial charge in [-0.25, -0.2) is 8.78 Å². The molecule has 0 aliphatic carbocycles. The lowest BCUT2D eigenvalue weighted by molar-refractivity contribution is 0.152. The molecule has 1 aliphatic rings. The maximum atomic E-state index is 12.6. The van der Waals surface area contributed by atoms with Crippen LogP contribution in [0.15, 0.2) is 0 Å². The Kier molecular flexibility index (Phi) is 5.43. The number of hydrogen-bond acceptors (Lipinski definition) is 7. The molecule has 1 aromatic rings. The average molecular weight is 302 g/mol. The molecular weight excluding hydrogens is 282 g/mol. The fourth-order valence-electron chi connectivity index (χ4n) is 2.31. The van der Waals surface area contributed by atoms with Gasteiger partial charge in [-0.15, -0.1) is 0 Å². The molecule has 0 bridgehead atoms. The fourth-order valence-corrected chi connectivity index (χ4v) is 2.31. The van der Waals surface area contributed by atoms with Crippen molar-refractivity contribution in [1.82, 2.24) is 15.0 Å². The fraction of sp³-hybridized carbons (Fsp3) is 0.750. The Bertz CT molecular complexity index is 455. The quantitative estimate of drug-likeness (QED) is 0.791. The summed E-state index contributed by atoms with van der Waals surface area (Å²) in [5.41, 5.74) is 5.67. The second-order valence-corrected chi connectivity index (χ2v) is 4.90. The largest absolute Gasteiger partial charge is 0.395 e. The zero-order chi connectivity index (χ0) is 15.2. The highest BCUT2D eigenvalue weighted by Crippen LogP contribution is 2.19. The number of halogens is 2. The molecule has 1 fully saturated rings. The van der Waals surface area contributed by atoms with Crippen LogP contribution in [0, 0.1) is 0 Å². The van der Waals surface area contributed by atoms with E-state index in [-0.39, 0.29) is 25.0 Å². The normalized spacial score (nSPS) is 15.5. The van der Waals surface area contributed by atoms with Gasteiger partial charge in [0.25, 0.3) is 6.43 Å². The van der Waals surface area contributed by atoms with Crippen molar-refractivity contribution in [1.29, 1.82) is 0 Å². The Morgan fingerprint density at radius 1 is 1.19 bits per heavy atom. The van der Waals surface area contributed by atoms with Crippen LogP contribution in [0.4, 0.5) is 26.6 Å². The highest BCUT2D eigenvalue weighted by molar-refractivity contribution is 5.43. The predicted octanol–water partition coefficient (Wildman–Crippen LogP) is 0.508. The van der Waals surface area contributed by atoms with Crippen molar-refractivity contribution in [2.75, 3.05) is 48.3 Å². The van der Waals surface area contributed by atoms with E-state index in [0.29, 0.717) is 5.95 Å². The molecule has 7 nitrogen and oxygen atoms in total. The molecule has 0 aromatic carbocycles. The van der Waals surface area contributed by atoms with Crippen LogP contribution in [0.5, 0.6) is 0 Å². The zero-order valence-electron chi connectivity index (χ0n) is 11.8. The van der Waals surface area contributed by atoms with Crippen molar-refractivity contribution < 1.29 is 13.9 Å². The van der Waals surface area contributed by atoms with E-state index in [1.54, 1.807) is 0 Å². The molecule has 0 amide bonds. The summed E-state index contributed by atoms with van der Waals surface area (Å²) in [5, 5.41) is 9.00. The van der Waals surface area contributed by atoms with Crippen molar-refractivity contribution in [3.63, 3.8) is 0 Å². The van der Waals surface area contributed by atoms with Gasteiger partial charge in [0.05, 0.1) is 13.2 Å². The van der Waals surface area contributed by atoms with Gasteiger partial charge >= 0.3 is 0 Å². The summed E-state index contributed by atoms with van der Waals surface area (Å²) in [5.74, 6) is 0.490. The molecule has 2 heterocycles. The molecule has 0 atom stereocenters. The molecule has 1 aliphatic heterocycles. The number of nitrogens with zero attached hydrogens (tertiary/aromatic N) is 5. The number of nitrogen functional groups attached to an aromatic ring is 1. The van der Waals surface area contributed by atoms with Crippen LogP contribution >= 0.6 is 0 Å². The van der Waals surface area contributed by atoms with Gasteiger partial charge in [-0.2, -0.15) is 15.0 Å². The highest BCUT2D eigenvalue weighted by atomic mass is 19.3. The summed E-state index contributed by atoms with van der Waals surface area (Å²) in [7, 11) is 0. The average Bonchev–Trinajstić information content (AvgIpc) is 2.47. The number of nitrogens with two attached hydrogens (primary N) is 1. The summed E-state index contributed by atoms with van der Waals surface area (Å²) in [6.45, 7) is 0.837. The number of aliphatic hydroxyl groups excluding tert-OH is 1. The van der Waals surface area contributed by atoms with Gasteiger partial charge in [0.1, 0.15) is 0 Å². The Morgan fingerprint density at radius 3 is 2.52 bits per heavy atom. The van der Waals surface area contributed by atoms with E-state index in [1.807, 2.05) is 4.90 Å². The Labute approximate surface area is 121 Å². The number of rotatable bonds is 6. The van der Waals surface area contributed by atoms with Gasteiger partial charge in [0, 0.05) is 19.6 Å². The predicted molar refractivity (Wildman–Crippen MR) is 75.6 cm³/mol. The molecule has 0 spiro atoms. The summed E-state index contributed by atoms with van der Waals surface area (Å²) in [6.07, 6.45) is 0.690. The van der Waals surface area contributed by atoms with Gasteiger partial charge < -0.3 is 20.6 Å². The van der Waals surface area contributed by atoms with Gasteiger partial charge in [0.15, 0.2) is 0 Å². The topological polar surface area (TPSA) is 91.4 Å². The van der Waals surface area contributed by atoms with Crippen LogP contribution < -0.4 is 15.5 Å². The van der Waals surface area contributed by atoms with E-state index in [2.05, 4.69) is 15.0 Å². The molecule has 0 radical (unpaired) electrons. The number of aliphatic hydroxyl groups is 1. The van der Waals surface area contributed by atoms with Gasteiger partial charge in [-0.3, -0.25) is 0 Å². The summed E-state index contributed by atoms with van der Waals surface area (Å²) >= 11 is 0. The molecule has 9 heteroatoms. The van der Waals surface area contributed by atoms with Crippen LogP contribution in [-0.4, -0.2) is 59.3 Å². The molecule has 1 saturated heterocycles. The number of hydrogen-bond donors (Lipinski definition) is 2. The first kappa shape index (κ1) is 15.6. The molecule has 2 rings (SSSR count). The second-order valence-electron chi connectivity index (χ2n) is 4.90. The van der Waals surface area contributed by atoms with E-state index in [9.17, 15) is 8.78 Å². The molecule has 118 valence electrons. The van der Waals surface area contributed by atoms with Crippen LogP contribution in [0.2, 0.25) is 0 Å². The van der Waals surface area contributed by atoms with E-state index in [0.717, 1.165) is 32.4 Å². The smallest absolute Gasteiger partial charge is 0.255 e. The third-order valence-electron chi connectivity index (χ3n) is 3.28. The standard InChI is InChI=1S/C12H20F2N6O/c13-9(14)8-20(6-7-21)12-17-10(15)16-11(18-12)19-4-2-1-3-5-19/h9,21H,1-8H2,(H2,15,16,17,18). The summed E-state index contributed by atoms with van der Waals surface area (Å²) in [4.78, 5) is 15.4. The third kappa shape index (κ3) is 4.35. The maximum Gasteiger partial charge on any atom is 0.255 e. The Hall–Kier alpha value is -1.77. The monoisotopic (exact) mass is 302 g/mol. The lowest BCUT2D eigenvalue weighted by atomic mass is 10.1. The van der Waals surface area contributed by atoms with Crippen LogP contribution in [0.25, 0.3) is 0 Å². The molecule has 1 aromatic heterocycles. The van der Waals surface area contributed by atoms with Crippen molar-refractivity contribution in [3.8, 4) is 0 Å². The zero-order valence-corrected chi connectivity index (χ0v) is 11.8. The number of aromatic nitrogens is 3. The van der Waals surface area contributed by atoms with E-state index in [4.69, 9.17) is 10.8 Å². The number of piperidine rings is 1. The first-order chi connectivity index (χ1) is 10.1. The highest BCUT2D eigenvalue weighted by Gasteiger charge is 2.20. The first-order valence-electron chi connectivity index (χ1n) is 7.00. The first-order valence-corrected chi connectivity index (χ1v) is 7.00. The minimum absolute atomic E-state index is 0.00206. The summed E-state index contributed by atoms with van der Waals surface area (Å²) < 4.78 is 25.2. The van der Waals surface area contributed by atoms with Gasteiger partial charge in [0.2, 0.25) is 17.8 Å². The van der Waals surface area contributed by atoms with E-state index < -0.39 is 13.0 Å². The number of alkyl halides is 2. The maximum absolute atomic E-state index is 12.6. The SMILES string of the molecule is Nc1nc(N2CCCCC2)nc(N(CCO)CC(F)F)n1. The van der Waals surface area contributed by atoms with E-state index in [1.165, 1.54) is 4.90 Å². The molecule has 21 heavy (non-hydrogen) atoms. The molecule has 0 saturated carbocycles. The van der Waals surface area contributed by atoms with Crippen molar-refractivity contribution in [3.05, 3.63) is 0 Å². The third-order valence-corrected chi connectivity index (χ3v) is 3.28. The Balaban J connectivity index is 2.22. The molecular formula is C12H20F2N6O.